The Morgan fingerprint density at radius 1 is 1.75 bits per heavy atom. The van der Waals surface area contributed by atoms with Crippen molar-refractivity contribution in [2.45, 2.75) is 19.8 Å². The smallest absolute Gasteiger partial charge is 0.290 e. The summed E-state index contributed by atoms with van der Waals surface area (Å²) in [7, 11) is 0. The van der Waals surface area contributed by atoms with Gasteiger partial charge in [0.05, 0.1) is 6.20 Å². The molecule has 0 bridgehead atoms. The van der Waals surface area contributed by atoms with Crippen LogP contribution in [0.25, 0.3) is 0 Å². The van der Waals surface area contributed by atoms with E-state index in [1.54, 1.807) is 6.20 Å². The van der Waals surface area contributed by atoms with Gasteiger partial charge in [-0.2, -0.15) is 0 Å². The highest BCUT2D eigenvalue weighted by atomic mass is 16.5. The number of hydrogen-bond donors (Lipinski definition) is 2. The maximum atomic E-state index is 11.6. The number of nitrogens with zero attached hydrogens (tertiary/aromatic N) is 1. The molecule has 16 heavy (non-hydrogen) atoms. The highest BCUT2D eigenvalue weighted by Gasteiger charge is 2.16. The largest absolute Gasteiger partial charge is 0.351 e. The summed E-state index contributed by atoms with van der Waals surface area (Å²) in [5.41, 5.74) is 0.778. The van der Waals surface area contributed by atoms with E-state index in [4.69, 9.17) is 4.52 Å². The van der Waals surface area contributed by atoms with Crippen LogP contribution in [0.1, 0.15) is 29.0 Å². The van der Waals surface area contributed by atoms with Crippen molar-refractivity contribution in [1.29, 1.82) is 0 Å². The van der Waals surface area contributed by atoms with Gasteiger partial charge in [0.25, 0.3) is 5.91 Å². The average Bonchev–Trinajstić information content (AvgIpc) is 2.88. The first-order chi connectivity index (χ1) is 7.77. The lowest BCUT2D eigenvalue weighted by atomic mass is 10.1. The fourth-order valence-corrected chi connectivity index (χ4v) is 1.94. The molecule has 88 valence electrons. The zero-order chi connectivity index (χ0) is 11.4. The predicted molar refractivity (Wildman–Crippen MR) is 59.2 cm³/mol. The number of hydrogen-bond acceptors (Lipinski definition) is 4. The molecule has 1 aromatic rings. The third kappa shape index (κ3) is 2.61. The Hall–Kier alpha value is -1.36. The van der Waals surface area contributed by atoms with Crippen molar-refractivity contribution in [2.24, 2.45) is 5.92 Å². The quantitative estimate of drug-likeness (QED) is 0.789. The molecular formula is C11H17N3O2. The molecular weight excluding hydrogens is 206 g/mol. The molecule has 2 rings (SSSR count). The Morgan fingerprint density at radius 3 is 3.25 bits per heavy atom. The van der Waals surface area contributed by atoms with Gasteiger partial charge in [-0.3, -0.25) is 4.79 Å². The summed E-state index contributed by atoms with van der Waals surface area (Å²) in [5, 5.41) is 9.74. The van der Waals surface area contributed by atoms with E-state index >= 15 is 0 Å². The first kappa shape index (κ1) is 11.1. The molecule has 1 atom stereocenters. The lowest BCUT2D eigenvalue weighted by molar-refractivity contribution is 0.0914. The van der Waals surface area contributed by atoms with Crippen LogP contribution in [0.2, 0.25) is 0 Å². The van der Waals surface area contributed by atoms with E-state index in [2.05, 4.69) is 15.8 Å². The second-order valence-corrected chi connectivity index (χ2v) is 4.24. The van der Waals surface area contributed by atoms with Gasteiger partial charge in [0.2, 0.25) is 5.76 Å². The number of nitrogens with one attached hydrogen (secondary N) is 2. The molecule has 0 saturated carbocycles. The number of aromatic nitrogens is 1. The van der Waals surface area contributed by atoms with Gasteiger partial charge in [-0.25, -0.2) is 0 Å². The second kappa shape index (κ2) is 5.12. The monoisotopic (exact) mass is 223 g/mol. The van der Waals surface area contributed by atoms with Gasteiger partial charge >= 0.3 is 0 Å². The van der Waals surface area contributed by atoms with Gasteiger partial charge in [-0.15, -0.1) is 0 Å². The van der Waals surface area contributed by atoms with E-state index < -0.39 is 0 Å². The summed E-state index contributed by atoms with van der Waals surface area (Å²) in [4.78, 5) is 11.6. The Morgan fingerprint density at radius 2 is 2.62 bits per heavy atom. The van der Waals surface area contributed by atoms with Gasteiger partial charge in [0, 0.05) is 12.1 Å². The van der Waals surface area contributed by atoms with Gasteiger partial charge in [-0.1, -0.05) is 5.16 Å². The number of carbonyl (C=O) groups is 1. The van der Waals surface area contributed by atoms with Crippen molar-refractivity contribution < 1.29 is 9.32 Å². The van der Waals surface area contributed by atoms with Crippen LogP contribution >= 0.6 is 0 Å². The summed E-state index contributed by atoms with van der Waals surface area (Å²) in [6.45, 7) is 4.68. The van der Waals surface area contributed by atoms with E-state index in [9.17, 15) is 4.79 Å². The second-order valence-electron chi connectivity index (χ2n) is 4.24. The fourth-order valence-electron chi connectivity index (χ4n) is 1.94. The van der Waals surface area contributed by atoms with E-state index in [-0.39, 0.29) is 5.91 Å². The Labute approximate surface area is 94.6 Å². The van der Waals surface area contributed by atoms with Crippen molar-refractivity contribution in [2.75, 3.05) is 19.6 Å². The van der Waals surface area contributed by atoms with Crippen LogP contribution in [-0.4, -0.2) is 30.7 Å². The summed E-state index contributed by atoms with van der Waals surface area (Å²) in [6.07, 6.45) is 3.78. The Bertz CT molecular complexity index is 356. The van der Waals surface area contributed by atoms with Crippen molar-refractivity contribution in [1.82, 2.24) is 15.8 Å². The number of aryl methyl sites for hydroxylation is 1. The minimum Gasteiger partial charge on any atom is -0.351 e. The van der Waals surface area contributed by atoms with Crippen LogP contribution in [0.4, 0.5) is 0 Å². The third-order valence-corrected chi connectivity index (χ3v) is 2.96. The topological polar surface area (TPSA) is 67.2 Å². The highest BCUT2D eigenvalue weighted by Crippen LogP contribution is 2.11. The number of amides is 1. The van der Waals surface area contributed by atoms with Gasteiger partial charge < -0.3 is 15.2 Å². The maximum absolute atomic E-state index is 11.6. The van der Waals surface area contributed by atoms with Crippen molar-refractivity contribution in [3.63, 3.8) is 0 Å². The Kier molecular flexibility index (Phi) is 3.56. The van der Waals surface area contributed by atoms with E-state index in [1.165, 1.54) is 6.42 Å². The molecule has 1 amide bonds. The zero-order valence-electron chi connectivity index (χ0n) is 9.45. The summed E-state index contributed by atoms with van der Waals surface area (Å²) >= 11 is 0. The van der Waals surface area contributed by atoms with Crippen molar-refractivity contribution >= 4 is 5.91 Å². The number of carbonyl (C=O) groups excluding carboxylic acids is 1. The molecule has 1 aliphatic rings. The van der Waals surface area contributed by atoms with Crippen LogP contribution in [0.3, 0.4) is 0 Å². The lowest BCUT2D eigenvalue weighted by Gasteiger charge is -2.08. The van der Waals surface area contributed by atoms with Crippen molar-refractivity contribution in [3.05, 3.63) is 17.5 Å². The summed E-state index contributed by atoms with van der Waals surface area (Å²) in [6, 6.07) is 0. The molecule has 0 radical (unpaired) electrons. The van der Waals surface area contributed by atoms with E-state index in [0.717, 1.165) is 25.1 Å². The van der Waals surface area contributed by atoms with Crippen LogP contribution in [-0.2, 0) is 0 Å². The van der Waals surface area contributed by atoms with E-state index in [1.807, 2.05) is 6.92 Å². The molecule has 0 aromatic carbocycles. The molecule has 1 aliphatic heterocycles. The molecule has 2 N–H and O–H groups in total. The molecule has 1 aromatic heterocycles. The standard InChI is InChI=1S/C11H17N3O2/c1-8-6-14-16-10(8)11(15)13-5-3-9-2-4-12-7-9/h6,9,12H,2-5,7H2,1H3,(H,13,15). The maximum Gasteiger partial charge on any atom is 0.290 e. The van der Waals surface area contributed by atoms with E-state index in [0.29, 0.717) is 18.2 Å². The number of rotatable bonds is 4. The zero-order valence-corrected chi connectivity index (χ0v) is 9.45. The predicted octanol–water partition coefficient (Wildman–Crippen LogP) is 0.712. The molecule has 1 unspecified atom stereocenters. The van der Waals surface area contributed by atoms with Gasteiger partial charge in [0.15, 0.2) is 0 Å². The van der Waals surface area contributed by atoms with Crippen LogP contribution in [0.5, 0.6) is 0 Å². The van der Waals surface area contributed by atoms with Crippen molar-refractivity contribution in [3.8, 4) is 0 Å². The SMILES string of the molecule is Cc1cnoc1C(=O)NCCC1CCNC1. The first-order valence-corrected chi connectivity index (χ1v) is 5.67. The van der Waals surface area contributed by atoms with Gasteiger partial charge in [-0.05, 0) is 38.8 Å². The molecule has 5 nitrogen and oxygen atoms in total. The van der Waals surface area contributed by atoms with Crippen LogP contribution in [0.15, 0.2) is 10.7 Å². The third-order valence-electron chi connectivity index (χ3n) is 2.96. The molecule has 2 heterocycles. The molecule has 0 aliphatic carbocycles. The normalized spacial score (nSPS) is 19.9. The average molecular weight is 223 g/mol. The molecule has 5 heteroatoms. The highest BCUT2D eigenvalue weighted by molar-refractivity contribution is 5.92. The summed E-state index contributed by atoms with van der Waals surface area (Å²) < 4.78 is 4.87. The van der Waals surface area contributed by atoms with Crippen LogP contribution in [0, 0.1) is 12.8 Å². The fraction of sp³-hybridized carbons (Fsp3) is 0.636. The Balaban J connectivity index is 1.73. The minimum atomic E-state index is -0.166. The van der Waals surface area contributed by atoms with Crippen LogP contribution < -0.4 is 10.6 Å². The van der Waals surface area contributed by atoms with Gasteiger partial charge in [0.1, 0.15) is 0 Å². The minimum absolute atomic E-state index is 0.166. The molecule has 1 saturated heterocycles. The molecule has 1 fully saturated rings. The first-order valence-electron chi connectivity index (χ1n) is 5.67. The lowest BCUT2D eigenvalue weighted by Crippen LogP contribution is -2.26. The summed E-state index contributed by atoms with van der Waals surface area (Å²) in [5.74, 6) is 0.849. The molecule has 0 spiro atoms.